The lowest BCUT2D eigenvalue weighted by molar-refractivity contribution is -0.125. The lowest BCUT2D eigenvalue weighted by Crippen LogP contribution is -2.44. The predicted molar refractivity (Wildman–Crippen MR) is 100 cm³/mol. The number of rotatable bonds is 4. The van der Waals surface area contributed by atoms with Gasteiger partial charge < -0.3 is 10.2 Å². The van der Waals surface area contributed by atoms with E-state index < -0.39 is 0 Å². The van der Waals surface area contributed by atoms with Gasteiger partial charge in [-0.1, -0.05) is 0 Å². The van der Waals surface area contributed by atoms with Crippen LogP contribution < -0.4 is 10.2 Å². The second-order valence-electron chi connectivity index (χ2n) is 8.15. The number of fused-ring (bicyclic) bond motifs is 3. The summed E-state index contributed by atoms with van der Waals surface area (Å²) in [5, 5.41) is 7.95. The van der Waals surface area contributed by atoms with Crippen molar-refractivity contribution in [2.24, 2.45) is 11.8 Å². The Morgan fingerprint density at radius 3 is 2.96 bits per heavy atom. The molecule has 6 heteroatoms. The third-order valence-electron chi connectivity index (χ3n) is 6.15. The minimum atomic E-state index is 0.0725. The van der Waals surface area contributed by atoms with E-state index in [2.05, 4.69) is 10.2 Å². The summed E-state index contributed by atoms with van der Waals surface area (Å²) < 4.78 is 2.01. The predicted octanol–water partition coefficient (Wildman–Crippen LogP) is 2.35. The highest BCUT2D eigenvalue weighted by atomic mass is 16.1. The molecule has 2 aromatic heterocycles. The zero-order valence-electron chi connectivity index (χ0n) is 15.3. The van der Waals surface area contributed by atoms with Gasteiger partial charge in [0.2, 0.25) is 5.91 Å². The molecule has 6 nitrogen and oxygen atoms in total. The molecule has 2 aromatic rings. The van der Waals surface area contributed by atoms with Gasteiger partial charge in [0, 0.05) is 37.6 Å². The molecule has 0 spiro atoms. The fourth-order valence-corrected chi connectivity index (χ4v) is 4.47. The minimum Gasteiger partial charge on any atom is -0.356 e. The smallest absolute Gasteiger partial charge is 0.224 e. The number of aromatic nitrogens is 3. The number of aryl methyl sites for hydroxylation is 2. The maximum Gasteiger partial charge on any atom is 0.224 e. The van der Waals surface area contributed by atoms with Crippen molar-refractivity contribution in [2.75, 3.05) is 24.5 Å². The third kappa shape index (κ3) is 2.95. The van der Waals surface area contributed by atoms with Crippen LogP contribution in [-0.2, 0) is 17.6 Å². The molecule has 3 heterocycles. The lowest BCUT2D eigenvalue weighted by Gasteiger charge is -2.33. The number of hydrogen-bond donors (Lipinski definition) is 1. The van der Waals surface area contributed by atoms with Crippen molar-refractivity contribution in [3.8, 4) is 0 Å². The molecular weight excluding hydrogens is 326 g/mol. The molecule has 2 fully saturated rings. The molecule has 138 valence electrons. The summed E-state index contributed by atoms with van der Waals surface area (Å²) in [4.78, 5) is 19.6. The normalized spacial score (nSPS) is 23.1. The molecule has 0 bridgehead atoms. The van der Waals surface area contributed by atoms with Gasteiger partial charge in [-0.25, -0.2) is 9.50 Å². The van der Waals surface area contributed by atoms with Gasteiger partial charge in [0.05, 0.1) is 11.6 Å². The van der Waals surface area contributed by atoms with Crippen LogP contribution in [0.5, 0.6) is 0 Å². The van der Waals surface area contributed by atoms with E-state index >= 15 is 0 Å². The summed E-state index contributed by atoms with van der Waals surface area (Å²) in [6, 6.07) is 0. The molecule has 1 N–H and O–H groups in total. The summed E-state index contributed by atoms with van der Waals surface area (Å²) in [6.45, 7) is 2.60. The fraction of sp³-hybridized carbons (Fsp3) is 0.650. The maximum absolute atomic E-state index is 12.6. The van der Waals surface area contributed by atoms with Crippen LogP contribution in [-0.4, -0.2) is 40.1 Å². The van der Waals surface area contributed by atoms with E-state index in [0.29, 0.717) is 0 Å². The standard InChI is InChI=1S/C20H27N5O/c26-20(22-12-14-7-8-14)15-4-3-10-24(13-15)19-18-16-5-1-2-6-17(16)23-25(18)11-9-21-19/h9,11,14-15H,1-8,10,12-13H2,(H,22,26)/t15-/m0/s1. The number of nitrogens with zero attached hydrogens (tertiary/aromatic N) is 4. The molecule has 0 radical (unpaired) electrons. The van der Waals surface area contributed by atoms with Crippen molar-refractivity contribution in [1.29, 1.82) is 0 Å². The van der Waals surface area contributed by atoms with Gasteiger partial charge in [-0.2, -0.15) is 5.10 Å². The quantitative estimate of drug-likeness (QED) is 0.916. The van der Waals surface area contributed by atoms with Crippen LogP contribution in [0.1, 0.15) is 49.8 Å². The summed E-state index contributed by atoms with van der Waals surface area (Å²) in [5.41, 5.74) is 3.78. The molecule has 2 aliphatic carbocycles. The van der Waals surface area contributed by atoms with Gasteiger partial charge in [0.15, 0.2) is 5.82 Å². The fourth-order valence-electron chi connectivity index (χ4n) is 4.47. The molecule has 1 saturated heterocycles. The van der Waals surface area contributed by atoms with Crippen molar-refractivity contribution in [3.05, 3.63) is 23.7 Å². The van der Waals surface area contributed by atoms with Crippen LogP contribution in [0.15, 0.2) is 12.4 Å². The molecular formula is C20H27N5O. The molecule has 1 amide bonds. The second kappa shape index (κ2) is 6.56. The van der Waals surface area contributed by atoms with E-state index in [9.17, 15) is 4.79 Å². The van der Waals surface area contributed by atoms with Crippen molar-refractivity contribution >= 4 is 17.2 Å². The molecule has 1 aliphatic heterocycles. The molecule has 26 heavy (non-hydrogen) atoms. The molecule has 0 aromatic carbocycles. The van der Waals surface area contributed by atoms with Gasteiger partial charge in [-0.3, -0.25) is 4.79 Å². The Balaban J connectivity index is 1.40. The Hall–Kier alpha value is -2.11. The van der Waals surface area contributed by atoms with E-state index in [1.807, 2.05) is 16.9 Å². The van der Waals surface area contributed by atoms with Crippen LogP contribution in [0.4, 0.5) is 5.82 Å². The number of piperidine rings is 1. The number of anilines is 1. The Bertz CT molecular complexity index is 825. The lowest BCUT2D eigenvalue weighted by atomic mass is 9.95. The van der Waals surface area contributed by atoms with Crippen molar-refractivity contribution < 1.29 is 4.79 Å². The summed E-state index contributed by atoms with van der Waals surface area (Å²) in [5.74, 6) is 2.04. The molecule has 1 atom stereocenters. The SMILES string of the molecule is O=C(NCC1CC1)[C@H]1CCCN(c2nccn3nc4c(c23)CCCC4)C1. The van der Waals surface area contributed by atoms with E-state index in [-0.39, 0.29) is 11.8 Å². The van der Waals surface area contributed by atoms with Gasteiger partial charge in [0.25, 0.3) is 0 Å². The van der Waals surface area contributed by atoms with Crippen molar-refractivity contribution in [1.82, 2.24) is 19.9 Å². The topological polar surface area (TPSA) is 62.5 Å². The Kier molecular flexibility index (Phi) is 4.06. The van der Waals surface area contributed by atoms with Crippen LogP contribution >= 0.6 is 0 Å². The van der Waals surface area contributed by atoms with E-state index in [1.54, 1.807) is 0 Å². The van der Waals surface area contributed by atoms with Crippen LogP contribution in [0, 0.1) is 11.8 Å². The van der Waals surface area contributed by atoms with Crippen LogP contribution in [0.25, 0.3) is 5.52 Å². The van der Waals surface area contributed by atoms with Gasteiger partial charge in [0.1, 0.15) is 5.52 Å². The highest BCUT2D eigenvalue weighted by molar-refractivity contribution is 5.80. The number of amides is 1. The van der Waals surface area contributed by atoms with Crippen molar-refractivity contribution in [3.63, 3.8) is 0 Å². The van der Waals surface area contributed by atoms with E-state index in [0.717, 1.165) is 57.1 Å². The molecule has 0 unspecified atom stereocenters. The van der Waals surface area contributed by atoms with Gasteiger partial charge in [-0.05, 0) is 57.3 Å². The first-order valence-electron chi connectivity index (χ1n) is 10.2. The van der Waals surface area contributed by atoms with Crippen LogP contribution in [0.3, 0.4) is 0 Å². The zero-order chi connectivity index (χ0) is 17.5. The largest absolute Gasteiger partial charge is 0.356 e. The Morgan fingerprint density at radius 2 is 2.08 bits per heavy atom. The highest BCUT2D eigenvalue weighted by Crippen LogP contribution is 2.32. The average Bonchev–Trinajstić information content (AvgIpc) is 3.44. The Labute approximate surface area is 154 Å². The first kappa shape index (κ1) is 16.1. The summed E-state index contributed by atoms with van der Waals surface area (Å²) in [6.07, 6.45) is 13.0. The molecule has 5 rings (SSSR count). The zero-order valence-corrected chi connectivity index (χ0v) is 15.3. The minimum absolute atomic E-state index is 0.0725. The molecule has 3 aliphatic rings. The van der Waals surface area contributed by atoms with Gasteiger partial charge >= 0.3 is 0 Å². The van der Waals surface area contributed by atoms with Crippen LogP contribution in [0.2, 0.25) is 0 Å². The maximum atomic E-state index is 12.6. The van der Waals surface area contributed by atoms with Crippen molar-refractivity contribution in [2.45, 2.75) is 51.4 Å². The highest BCUT2D eigenvalue weighted by Gasteiger charge is 2.30. The summed E-state index contributed by atoms with van der Waals surface area (Å²) >= 11 is 0. The third-order valence-corrected chi connectivity index (χ3v) is 6.15. The van der Waals surface area contributed by atoms with E-state index in [1.165, 1.54) is 42.5 Å². The number of carbonyl (C=O) groups is 1. The first-order chi connectivity index (χ1) is 12.8. The Morgan fingerprint density at radius 1 is 1.19 bits per heavy atom. The van der Waals surface area contributed by atoms with Gasteiger partial charge in [-0.15, -0.1) is 0 Å². The summed E-state index contributed by atoms with van der Waals surface area (Å²) in [7, 11) is 0. The number of carbonyl (C=O) groups excluding carboxylic acids is 1. The molecule has 1 saturated carbocycles. The number of nitrogens with one attached hydrogen (secondary N) is 1. The first-order valence-corrected chi connectivity index (χ1v) is 10.2. The van der Waals surface area contributed by atoms with E-state index in [4.69, 9.17) is 10.1 Å². The number of hydrogen-bond acceptors (Lipinski definition) is 4. The average molecular weight is 353 g/mol. The monoisotopic (exact) mass is 353 g/mol. The second-order valence-corrected chi connectivity index (χ2v) is 8.15.